The Morgan fingerprint density at radius 1 is 1.25 bits per heavy atom. The number of nitrogens with one attached hydrogen (secondary N) is 1. The zero-order valence-corrected chi connectivity index (χ0v) is 13.0. The molecule has 0 aromatic heterocycles. The van der Waals surface area contributed by atoms with E-state index in [-0.39, 0.29) is 0 Å². The van der Waals surface area contributed by atoms with Crippen LogP contribution in [0.1, 0.15) is 26.7 Å². The first kappa shape index (κ1) is 16.6. The van der Waals surface area contributed by atoms with Crippen molar-refractivity contribution in [3.63, 3.8) is 0 Å². The quantitative estimate of drug-likeness (QED) is 0.720. The summed E-state index contributed by atoms with van der Waals surface area (Å²) >= 11 is 0. The number of nitrogen functional groups attached to an aromatic ring is 1. The Balaban J connectivity index is 2.99. The summed E-state index contributed by atoms with van der Waals surface area (Å²) in [6, 6.07) is 4.87. The molecule has 0 spiro atoms. The van der Waals surface area contributed by atoms with E-state index in [2.05, 4.69) is 4.72 Å². The van der Waals surface area contributed by atoms with Crippen molar-refractivity contribution < 1.29 is 13.2 Å². The van der Waals surface area contributed by atoms with E-state index in [1.807, 2.05) is 13.8 Å². The fraction of sp³-hybridized carbons (Fsp3) is 0.538. The molecule has 0 fully saturated rings. The summed E-state index contributed by atoms with van der Waals surface area (Å²) in [5.74, 6) is 0.550. The predicted octanol–water partition coefficient (Wildman–Crippen LogP) is 2.06. The van der Waals surface area contributed by atoms with Gasteiger partial charge >= 0.3 is 10.2 Å². The molecule has 114 valence electrons. The Labute approximate surface area is 121 Å². The third-order valence-corrected chi connectivity index (χ3v) is 4.31. The first-order valence-corrected chi connectivity index (χ1v) is 8.10. The molecular weight excluding hydrogens is 278 g/mol. The highest BCUT2D eigenvalue weighted by Gasteiger charge is 2.21. The number of nitrogens with two attached hydrogens (primary N) is 1. The minimum absolute atomic E-state index is 0.335. The van der Waals surface area contributed by atoms with Gasteiger partial charge in [0.1, 0.15) is 5.75 Å². The van der Waals surface area contributed by atoms with Crippen molar-refractivity contribution in [2.24, 2.45) is 0 Å². The van der Waals surface area contributed by atoms with Gasteiger partial charge < -0.3 is 10.5 Å². The Hall–Kier alpha value is -1.47. The number of ether oxygens (including phenoxy) is 1. The van der Waals surface area contributed by atoms with Crippen LogP contribution in [-0.4, -0.2) is 32.9 Å². The maximum atomic E-state index is 12.4. The molecule has 1 rings (SSSR count). The van der Waals surface area contributed by atoms with Gasteiger partial charge in [-0.1, -0.05) is 13.8 Å². The van der Waals surface area contributed by atoms with Crippen LogP contribution in [0.3, 0.4) is 0 Å². The molecule has 6 nitrogen and oxygen atoms in total. The second kappa shape index (κ2) is 7.35. The summed E-state index contributed by atoms with van der Waals surface area (Å²) < 4.78 is 33.7. The van der Waals surface area contributed by atoms with Gasteiger partial charge in [0.15, 0.2) is 0 Å². The molecule has 0 saturated heterocycles. The van der Waals surface area contributed by atoms with Crippen LogP contribution in [0.4, 0.5) is 11.4 Å². The molecule has 0 amide bonds. The molecule has 0 bridgehead atoms. The minimum atomic E-state index is -3.60. The first-order chi connectivity index (χ1) is 9.44. The van der Waals surface area contributed by atoms with Gasteiger partial charge in [0, 0.05) is 19.2 Å². The molecule has 0 atom stereocenters. The lowest BCUT2D eigenvalue weighted by Crippen LogP contribution is -2.37. The fourth-order valence-electron chi connectivity index (χ4n) is 1.81. The molecule has 1 aromatic rings. The molecule has 20 heavy (non-hydrogen) atoms. The normalized spacial score (nSPS) is 11.6. The summed E-state index contributed by atoms with van der Waals surface area (Å²) in [6.45, 7) is 4.84. The largest absolute Gasteiger partial charge is 0.497 e. The predicted molar refractivity (Wildman–Crippen MR) is 82.1 cm³/mol. The van der Waals surface area contributed by atoms with Crippen LogP contribution in [-0.2, 0) is 10.2 Å². The van der Waals surface area contributed by atoms with Crippen LogP contribution in [0.15, 0.2) is 18.2 Å². The van der Waals surface area contributed by atoms with Gasteiger partial charge in [-0.2, -0.15) is 12.7 Å². The monoisotopic (exact) mass is 301 g/mol. The number of hydrogen-bond acceptors (Lipinski definition) is 4. The number of benzene rings is 1. The van der Waals surface area contributed by atoms with Crippen molar-refractivity contribution >= 4 is 21.6 Å². The zero-order valence-electron chi connectivity index (χ0n) is 12.2. The van der Waals surface area contributed by atoms with E-state index < -0.39 is 10.2 Å². The van der Waals surface area contributed by atoms with Gasteiger partial charge in [0.05, 0.1) is 18.5 Å². The van der Waals surface area contributed by atoms with Gasteiger partial charge in [-0.15, -0.1) is 0 Å². The molecule has 1 aromatic carbocycles. The van der Waals surface area contributed by atoms with Crippen molar-refractivity contribution in [2.75, 3.05) is 30.7 Å². The average molecular weight is 301 g/mol. The third kappa shape index (κ3) is 4.28. The number of rotatable bonds is 8. The second-order valence-electron chi connectivity index (χ2n) is 4.46. The molecule has 3 N–H and O–H groups in total. The van der Waals surface area contributed by atoms with Gasteiger partial charge in [0.25, 0.3) is 0 Å². The average Bonchev–Trinajstić information content (AvgIpc) is 2.41. The number of hydrogen-bond donors (Lipinski definition) is 2. The van der Waals surface area contributed by atoms with Crippen molar-refractivity contribution in [3.8, 4) is 5.75 Å². The molecular formula is C13H23N3O3S. The topological polar surface area (TPSA) is 84.7 Å². The van der Waals surface area contributed by atoms with Gasteiger partial charge in [-0.05, 0) is 25.0 Å². The van der Waals surface area contributed by atoms with Crippen LogP contribution in [0, 0.1) is 0 Å². The van der Waals surface area contributed by atoms with Crippen LogP contribution >= 0.6 is 0 Å². The van der Waals surface area contributed by atoms with Crippen molar-refractivity contribution in [3.05, 3.63) is 18.2 Å². The van der Waals surface area contributed by atoms with Crippen LogP contribution in [0.25, 0.3) is 0 Å². The lowest BCUT2D eigenvalue weighted by molar-refractivity contribution is 0.412. The number of nitrogens with zero attached hydrogens (tertiary/aromatic N) is 1. The highest BCUT2D eigenvalue weighted by Crippen LogP contribution is 2.26. The first-order valence-electron chi connectivity index (χ1n) is 6.66. The fourth-order valence-corrected chi connectivity index (χ4v) is 3.23. The summed E-state index contributed by atoms with van der Waals surface area (Å²) in [7, 11) is -2.08. The number of methoxy groups -OCH3 is 1. The summed E-state index contributed by atoms with van der Waals surface area (Å²) in [5, 5.41) is 0. The molecule has 7 heteroatoms. The summed E-state index contributed by atoms with van der Waals surface area (Å²) in [4.78, 5) is 0. The van der Waals surface area contributed by atoms with E-state index in [1.54, 1.807) is 18.2 Å². The Bertz CT molecular complexity index is 526. The van der Waals surface area contributed by atoms with Crippen molar-refractivity contribution in [1.29, 1.82) is 0 Å². The Morgan fingerprint density at radius 3 is 2.35 bits per heavy atom. The third-order valence-electron chi connectivity index (χ3n) is 2.79. The van der Waals surface area contributed by atoms with E-state index in [1.165, 1.54) is 11.4 Å². The standard InChI is InChI=1S/C13H23N3O3S/c1-4-8-16(9-5-2)20(17,18)15-13-10-11(19-3)6-7-12(13)14/h6-7,10,15H,4-5,8-9,14H2,1-3H3. The van der Waals surface area contributed by atoms with Crippen LogP contribution in [0.2, 0.25) is 0 Å². The van der Waals surface area contributed by atoms with E-state index in [9.17, 15) is 8.42 Å². The lowest BCUT2D eigenvalue weighted by atomic mass is 10.2. The molecule has 0 saturated carbocycles. The molecule has 0 heterocycles. The zero-order chi connectivity index (χ0) is 15.2. The smallest absolute Gasteiger partial charge is 0.301 e. The highest BCUT2D eigenvalue weighted by atomic mass is 32.2. The maximum Gasteiger partial charge on any atom is 0.301 e. The summed E-state index contributed by atoms with van der Waals surface area (Å²) in [5.41, 5.74) is 6.50. The van der Waals surface area contributed by atoms with Crippen molar-refractivity contribution in [2.45, 2.75) is 26.7 Å². The molecule has 0 aliphatic heterocycles. The van der Waals surface area contributed by atoms with Crippen LogP contribution in [0.5, 0.6) is 5.75 Å². The van der Waals surface area contributed by atoms with Gasteiger partial charge in [0.2, 0.25) is 0 Å². The molecule has 0 aliphatic rings. The van der Waals surface area contributed by atoms with E-state index in [4.69, 9.17) is 10.5 Å². The van der Waals surface area contributed by atoms with E-state index in [0.29, 0.717) is 30.2 Å². The summed E-state index contributed by atoms with van der Waals surface area (Å²) in [6.07, 6.45) is 1.52. The van der Waals surface area contributed by atoms with Crippen molar-refractivity contribution in [1.82, 2.24) is 4.31 Å². The lowest BCUT2D eigenvalue weighted by Gasteiger charge is -2.22. The van der Waals surface area contributed by atoms with Crippen LogP contribution < -0.4 is 15.2 Å². The molecule has 0 radical (unpaired) electrons. The Morgan fingerprint density at radius 2 is 1.85 bits per heavy atom. The van der Waals surface area contributed by atoms with E-state index in [0.717, 1.165) is 12.8 Å². The van der Waals surface area contributed by atoms with Gasteiger partial charge in [-0.3, -0.25) is 4.72 Å². The molecule has 0 unspecified atom stereocenters. The SMILES string of the molecule is CCCN(CCC)S(=O)(=O)Nc1cc(OC)ccc1N. The maximum absolute atomic E-state index is 12.4. The number of anilines is 2. The second-order valence-corrected chi connectivity index (χ2v) is 6.13. The minimum Gasteiger partial charge on any atom is -0.497 e. The highest BCUT2D eigenvalue weighted by molar-refractivity contribution is 7.90. The molecule has 0 aliphatic carbocycles. The van der Waals surface area contributed by atoms with Gasteiger partial charge in [-0.25, -0.2) is 0 Å². The van der Waals surface area contributed by atoms with E-state index >= 15 is 0 Å². The Kier molecular flexibility index (Phi) is 6.09.